The Hall–Kier alpha value is -3.11. The summed E-state index contributed by atoms with van der Waals surface area (Å²) >= 11 is 0. The van der Waals surface area contributed by atoms with E-state index in [1.165, 1.54) is 26.4 Å². The third kappa shape index (κ3) is 3.96. The Morgan fingerprint density at radius 1 is 0.742 bits per heavy atom. The van der Waals surface area contributed by atoms with Crippen LogP contribution in [-0.4, -0.2) is 22.6 Å². The molecule has 0 saturated heterocycles. The lowest BCUT2D eigenvalue weighted by atomic mass is 9.92. The summed E-state index contributed by atoms with van der Waals surface area (Å²) in [6.45, 7) is 1.66. The van der Waals surface area contributed by atoms with E-state index in [2.05, 4.69) is 0 Å². The number of halogens is 4. The quantitative estimate of drug-likeness (QED) is 0.348. The minimum absolute atomic E-state index is 0.0416. The Morgan fingerprint density at radius 2 is 1.16 bits per heavy atom. The zero-order valence-corrected chi connectivity index (χ0v) is 17.4. The van der Waals surface area contributed by atoms with Gasteiger partial charge in [0.25, 0.3) is 0 Å². The molecule has 0 atom stereocenters. The predicted octanol–water partition coefficient (Wildman–Crippen LogP) is 4.55. The summed E-state index contributed by atoms with van der Waals surface area (Å²) in [4.78, 5) is -0.292. The fourth-order valence-corrected chi connectivity index (χ4v) is 3.73. The molecule has 0 heterocycles. The van der Waals surface area contributed by atoms with Gasteiger partial charge in [0.2, 0.25) is 10.0 Å². The van der Waals surface area contributed by atoms with Crippen molar-refractivity contribution in [3.05, 3.63) is 65.2 Å². The first kappa shape index (κ1) is 22.6. The molecule has 164 valence electrons. The maximum atomic E-state index is 14.9. The smallest absolute Gasteiger partial charge is 0.238 e. The van der Waals surface area contributed by atoms with Crippen molar-refractivity contribution in [1.82, 2.24) is 0 Å². The van der Waals surface area contributed by atoms with Gasteiger partial charge >= 0.3 is 0 Å². The van der Waals surface area contributed by atoms with Crippen LogP contribution in [0.25, 0.3) is 22.3 Å². The summed E-state index contributed by atoms with van der Waals surface area (Å²) in [6, 6.07) is 6.97. The summed E-state index contributed by atoms with van der Waals surface area (Å²) in [5.41, 5.74) is -0.783. The lowest BCUT2D eigenvalue weighted by molar-refractivity contribution is 0.389. The van der Waals surface area contributed by atoms with E-state index >= 15 is 0 Å². The van der Waals surface area contributed by atoms with E-state index in [9.17, 15) is 26.0 Å². The Kier molecular flexibility index (Phi) is 5.97. The van der Waals surface area contributed by atoms with Crippen molar-refractivity contribution >= 4 is 10.0 Å². The highest BCUT2D eigenvalue weighted by Gasteiger charge is 2.28. The number of rotatable bonds is 5. The van der Waals surface area contributed by atoms with Crippen LogP contribution in [0.5, 0.6) is 11.5 Å². The minimum Gasteiger partial charge on any atom is -0.496 e. The molecular weight excluding hydrogens is 438 g/mol. The highest BCUT2D eigenvalue weighted by Crippen LogP contribution is 2.42. The summed E-state index contributed by atoms with van der Waals surface area (Å²) in [5.74, 6) is -6.77. The second-order valence-corrected chi connectivity index (χ2v) is 8.14. The van der Waals surface area contributed by atoms with Crippen LogP contribution >= 0.6 is 0 Å². The number of sulfonamides is 1. The van der Waals surface area contributed by atoms with Gasteiger partial charge in [0.15, 0.2) is 23.3 Å². The molecule has 0 aromatic heterocycles. The van der Waals surface area contributed by atoms with Crippen LogP contribution in [0.4, 0.5) is 17.6 Å². The van der Waals surface area contributed by atoms with Crippen LogP contribution < -0.4 is 14.6 Å². The van der Waals surface area contributed by atoms with Crippen molar-refractivity contribution in [2.24, 2.45) is 5.14 Å². The van der Waals surface area contributed by atoms with Crippen LogP contribution in [0.2, 0.25) is 0 Å². The Labute approximate surface area is 176 Å². The second kappa shape index (κ2) is 8.20. The summed E-state index contributed by atoms with van der Waals surface area (Å²) in [7, 11) is -1.36. The number of hydrogen-bond acceptors (Lipinski definition) is 4. The fraction of sp³-hybridized carbons (Fsp3) is 0.143. The average molecular weight is 455 g/mol. The monoisotopic (exact) mass is 455 g/mol. The first-order chi connectivity index (χ1) is 14.5. The third-order valence-corrected chi connectivity index (χ3v) is 5.71. The van der Waals surface area contributed by atoms with E-state index in [4.69, 9.17) is 14.6 Å². The summed E-state index contributed by atoms with van der Waals surface area (Å²) in [6.07, 6.45) is 0. The Bertz CT molecular complexity index is 1250. The molecular formula is C21H17F4NO4S. The average Bonchev–Trinajstić information content (AvgIpc) is 2.74. The molecule has 0 aliphatic heterocycles. The molecule has 0 unspecified atom stereocenters. The number of hydrogen-bond donors (Lipinski definition) is 1. The van der Waals surface area contributed by atoms with Gasteiger partial charge in [0, 0.05) is 16.7 Å². The molecule has 0 aliphatic rings. The van der Waals surface area contributed by atoms with Gasteiger partial charge in [0.05, 0.1) is 19.1 Å². The molecule has 0 amide bonds. The molecule has 3 aromatic rings. The maximum absolute atomic E-state index is 14.9. The summed E-state index contributed by atoms with van der Waals surface area (Å²) < 4.78 is 91.4. The Morgan fingerprint density at radius 3 is 1.55 bits per heavy atom. The van der Waals surface area contributed by atoms with Gasteiger partial charge in [0.1, 0.15) is 11.5 Å². The van der Waals surface area contributed by atoms with Gasteiger partial charge in [-0.1, -0.05) is 12.1 Å². The number of primary sulfonamides is 1. The topological polar surface area (TPSA) is 78.6 Å². The van der Waals surface area contributed by atoms with Gasteiger partial charge in [-0.2, -0.15) is 0 Å². The lowest BCUT2D eigenvalue weighted by Crippen LogP contribution is -2.11. The predicted molar refractivity (Wildman–Crippen MR) is 106 cm³/mol. The van der Waals surface area contributed by atoms with Crippen molar-refractivity contribution in [3.8, 4) is 33.8 Å². The van der Waals surface area contributed by atoms with E-state index in [-0.39, 0.29) is 27.5 Å². The van der Waals surface area contributed by atoms with Gasteiger partial charge in [-0.15, -0.1) is 0 Å². The molecule has 2 N–H and O–H groups in total. The molecule has 0 aliphatic carbocycles. The Balaban J connectivity index is 2.40. The van der Waals surface area contributed by atoms with Crippen LogP contribution in [0, 0.1) is 30.2 Å². The molecule has 0 fully saturated rings. The second-order valence-electron chi connectivity index (χ2n) is 6.58. The van der Waals surface area contributed by atoms with Crippen molar-refractivity contribution in [2.45, 2.75) is 11.8 Å². The molecule has 3 aromatic carbocycles. The van der Waals surface area contributed by atoms with Crippen molar-refractivity contribution in [2.75, 3.05) is 14.2 Å². The van der Waals surface area contributed by atoms with Crippen LogP contribution in [-0.2, 0) is 10.0 Å². The lowest BCUT2D eigenvalue weighted by Gasteiger charge is -2.17. The number of nitrogens with two attached hydrogens (primary N) is 1. The molecule has 3 rings (SSSR count). The zero-order valence-electron chi connectivity index (χ0n) is 16.6. The zero-order chi connectivity index (χ0) is 23.1. The summed E-state index contributed by atoms with van der Waals surface area (Å²) in [5, 5.41) is 5.04. The van der Waals surface area contributed by atoms with Crippen LogP contribution in [0.1, 0.15) is 5.56 Å². The number of benzene rings is 3. The number of ether oxygens (including phenoxy) is 2. The number of methoxy groups -OCH3 is 2. The van der Waals surface area contributed by atoms with Crippen molar-refractivity contribution in [3.63, 3.8) is 0 Å². The highest BCUT2D eigenvalue weighted by molar-refractivity contribution is 7.89. The van der Waals surface area contributed by atoms with E-state index in [1.807, 2.05) is 0 Å². The normalized spacial score (nSPS) is 11.5. The first-order valence-corrected chi connectivity index (χ1v) is 10.3. The van der Waals surface area contributed by atoms with E-state index in [0.29, 0.717) is 5.56 Å². The largest absolute Gasteiger partial charge is 0.496 e. The maximum Gasteiger partial charge on any atom is 0.238 e. The van der Waals surface area contributed by atoms with Crippen LogP contribution in [0.15, 0.2) is 41.3 Å². The molecule has 5 nitrogen and oxygen atoms in total. The standard InChI is InChI=1S/C21H17F4NO4S/c1-10-14(29-2)8-12(9-15(10)30-3)17-16(18(22)20(24)21(25)19(17)23)11-4-6-13(7-5-11)31(26,27)28/h4-9H,1-3H3,(H2,26,27,28). The van der Waals surface area contributed by atoms with E-state index in [0.717, 1.165) is 24.3 Å². The van der Waals surface area contributed by atoms with Crippen molar-refractivity contribution in [1.29, 1.82) is 0 Å². The first-order valence-electron chi connectivity index (χ1n) is 8.73. The molecule has 0 radical (unpaired) electrons. The van der Waals surface area contributed by atoms with Gasteiger partial charge < -0.3 is 9.47 Å². The van der Waals surface area contributed by atoms with Gasteiger partial charge in [-0.25, -0.2) is 31.1 Å². The van der Waals surface area contributed by atoms with Gasteiger partial charge in [-0.3, -0.25) is 0 Å². The molecule has 10 heteroatoms. The minimum atomic E-state index is -4.05. The molecule has 0 spiro atoms. The SMILES string of the molecule is COc1cc(-c2c(F)c(F)c(F)c(F)c2-c2ccc(S(N)(=O)=O)cc2)cc(OC)c1C. The molecule has 0 bridgehead atoms. The fourth-order valence-electron chi connectivity index (χ4n) is 3.22. The van der Waals surface area contributed by atoms with E-state index < -0.39 is 44.4 Å². The van der Waals surface area contributed by atoms with Gasteiger partial charge in [-0.05, 0) is 42.3 Å². The highest BCUT2D eigenvalue weighted by atomic mass is 32.2. The third-order valence-electron chi connectivity index (χ3n) is 4.78. The van der Waals surface area contributed by atoms with Crippen molar-refractivity contribution < 1.29 is 35.5 Å². The van der Waals surface area contributed by atoms with Crippen LogP contribution in [0.3, 0.4) is 0 Å². The molecule has 31 heavy (non-hydrogen) atoms. The van der Waals surface area contributed by atoms with E-state index in [1.54, 1.807) is 6.92 Å². The molecule has 0 saturated carbocycles.